The van der Waals surface area contributed by atoms with Crippen molar-refractivity contribution in [3.8, 4) is 5.75 Å². The van der Waals surface area contributed by atoms with Crippen molar-refractivity contribution in [3.05, 3.63) is 35.1 Å². The van der Waals surface area contributed by atoms with Crippen LogP contribution in [-0.4, -0.2) is 50.7 Å². The van der Waals surface area contributed by atoms with E-state index >= 15 is 0 Å². The van der Waals surface area contributed by atoms with Gasteiger partial charge in [-0.1, -0.05) is 0 Å². The summed E-state index contributed by atoms with van der Waals surface area (Å²) in [4.78, 5) is 26.5. The number of ether oxygens (including phenoxy) is 1. The molecule has 0 spiro atoms. The first-order chi connectivity index (χ1) is 17.0. The molecule has 1 fully saturated rings. The number of fused-ring (bicyclic) bond motifs is 4. The highest BCUT2D eigenvalue weighted by Crippen LogP contribution is 2.42. The lowest BCUT2D eigenvalue weighted by Crippen LogP contribution is -2.36. The SMILES string of the molecule is CC(C)Oc1cc2[nH]ncc2cc1Nc1ncnc2sc3c(c12)CC[C@H](C(=O)N(C)CC1CC1)C3. The predicted molar refractivity (Wildman–Crippen MR) is 138 cm³/mol. The van der Waals surface area contributed by atoms with Gasteiger partial charge in [0.1, 0.15) is 22.7 Å². The number of anilines is 2. The van der Waals surface area contributed by atoms with E-state index in [0.29, 0.717) is 5.92 Å². The highest BCUT2D eigenvalue weighted by molar-refractivity contribution is 7.19. The molecule has 2 N–H and O–H groups in total. The van der Waals surface area contributed by atoms with Crippen LogP contribution in [0.25, 0.3) is 21.1 Å². The fraction of sp³-hybridized carbons (Fsp3) is 0.462. The molecule has 1 atom stereocenters. The minimum Gasteiger partial charge on any atom is -0.489 e. The van der Waals surface area contributed by atoms with Gasteiger partial charge in [-0.2, -0.15) is 5.10 Å². The summed E-state index contributed by atoms with van der Waals surface area (Å²) in [5.74, 6) is 2.57. The maximum Gasteiger partial charge on any atom is 0.225 e. The van der Waals surface area contributed by atoms with Gasteiger partial charge in [0.25, 0.3) is 0 Å². The summed E-state index contributed by atoms with van der Waals surface area (Å²) in [5, 5.41) is 12.8. The molecule has 0 radical (unpaired) electrons. The molecule has 1 amide bonds. The maximum absolute atomic E-state index is 13.1. The van der Waals surface area contributed by atoms with Crippen molar-refractivity contribution in [1.29, 1.82) is 0 Å². The van der Waals surface area contributed by atoms with E-state index in [1.807, 2.05) is 37.9 Å². The smallest absolute Gasteiger partial charge is 0.225 e. The Hall–Kier alpha value is -3.20. The molecule has 3 heterocycles. The Morgan fingerprint density at radius 2 is 2.14 bits per heavy atom. The number of thiophene rings is 1. The number of benzene rings is 1. The molecule has 8 nitrogen and oxygen atoms in total. The van der Waals surface area contributed by atoms with Crippen molar-refractivity contribution < 1.29 is 9.53 Å². The quantitative estimate of drug-likeness (QED) is 0.375. The van der Waals surface area contributed by atoms with Crippen LogP contribution < -0.4 is 10.1 Å². The van der Waals surface area contributed by atoms with Crippen LogP contribution in [0.1, 0.15) is 43.6 Å². The third-order valence-electron chi connectivity index (χ3n) is 6.96. The van der Waals surface area contributed by atoms with Crippen LogP contribution in [0, 0.1) is 11.8 Å². The van der Waals surface area contributed by atoms with Gasteiger partial charge >= 0.3 is 0 Å². The molecule has 3 aromatic heterocycles. The van der Waals surface area contributed by atoms with Crippen LogP contribution in [0.5, 0.6) is 5.75 Å². The van der Waals surface area contributed by atoms with Crippen molar-refractivity contribution in [2.24, 2.45) is 11.8 Å². The summed E-state index contributed by atoms with van der Waals surface area (Å²) in [7, 11) is 1.96. The second-order valence-corrected chi connectivity index (χ2v) is 11.2. The van der Waals surface area contributed by atoms with Crippen LogP contribution >= 0.6 is 11.3 Å². The Morgan fingerprint density at radius 1 is 1.29 bits per heavy atom. The Balaban J connectivity index is 1.31. The summed E-state index contributed by atoms with van der Waals surface area (Å²) >= 11 is 1.69. The molecule has 182 valence electrons. The number of nitrogens with zero attached hydrogens (tertiary/aromatic N) is 4. The number of H-pyrrole nitrogens is 1. The van der Waals surface area contributed by atoms with Crippen LogP contribution in [0.3, 0.4) is 0 Å². The minimum absolute atomic E-state index is 0.0303. The Kier molecular flexibility index (Phi) is 5.59. The highest BCUT2D eigenvalue weighted by Gasteiger charge is 2.32. The van der Waals surface area contributed by atoms with E-state index in [4.69, 9.17) is 4.74 Å². The number of carbonyl (C=O) groups is 1. The lowest BCUT2D eigenvalue weighted by molar-refractivity contribution is -0.134. The molecular weight excluding hydrogens is 460 g/mol. The third-order valence-corrected chi connectivity index (χ3v) is 8.12. The molecule has 0 aliphatic heterocycles. The molecule has 6 rings (SSSR count). The molecular formula is C26H30N6O2S. The van der Waals surface area contributed by atoms with Crippen molar-refractivity contribution in [1.82, 2.24) is 25.1 Å². The summed E-state index contributed by atoms with van der Waals surface area (Å²) in [6.45, 7) is 4.92. The van der Waals surface area contributed by atoms with Gasteiger partial charge in [0, 0.05) is 35.8 Å². The molecule has 1 aromatic carbocycles. The number of aromatic amines is 1. The Bertz CT molecular complexity index is 1410. The molecule has 0 saturated heterocycles. The van der Waals surface area contributed by atoms with Crippen molar-refractivity contribution in [2.75, 3.05) is 18.9 Å². The van der Waals surface area contributed by atoms with Crippen LogP contribution in [0.4, 0.5) is 11.5 Å². The lowest BCUT2D eigenvalue weighted by atomic mass is 9.87. The summed E-state index contributed by atoms with van der Waals surface area (Å²) < 4.78 is 6.10. The van der Waals surface area contributed by atoms with Gasteiger partial charge in [-0.3, -0.25) is 9.89 Å². The standard InChI is InChI=1S/C26H30N6O2S/c1-14(2)34-21-10-19-17(11-29-31-19)8-20(21)30-24-23-18-7-6-16(26(33)32(3)12-15-4-5-15)9-22(18)35-25(23)28-13-27-24/h8,10-11,13-16H,4-7,9,12H2,1-3H3,(H,29,31)(H,27,28,30)/t16-/m0/s1. The number of rotatable bonds is 7. The van der Waals surface area contributed by atoms with E-state index in [9.17, 15) is 4.79 Å². The number of aromatic nitrogens is 4. The van der Waals surface area contributed by atoms with E-state index in [2.05, 4.69) is 25.5 Å². The summed E-state index contributed by atoms with van der Waals surface area (Å²) in [6, 6.07) is 4.01. The van der Waals surface area contributed by atoms with Crippen LogP contribution in [-0.2, 0) is 17.6 Å². The van der Waals surface area contributed by atoms with E-state index in [-0.39, 0.29) is 17.9 Å². The number of hydrogen-bond donors (Lipinski definition) is 2. The number of aryl methyl sites for hydroxylation is 1. The Morgan fingerprint density at radius 3 is 2.94 bits per heavy atom. The first kappa shape index (κ1) is 22.3. The second kappa shape index (κ2) is 8.78. The van der Waals surface area contributed by atoms with E-state index < -0.39 is 0 Å². The third kappa shape index (κ3) is 4.33. The molecule has 0 unspecified atom stereocenters. The molecule has 2 aliphatic rings. The normalized spacial score (nSPS) is 17.7. The zero-order chi connectivity index (χ0) is 24.1. The largest absolute Gasteiger partial charge is 0.489 e. The highest BCUT2D eigenvalue weighted by atomic mass is 32.1. The fourth-order valence-corrected chi connectivity index (χ4v) is 6.32. The Labute approximate surface area is 208 Å². The average Bonchev–Trinajstić information content (AvgIpc) is 3.39. The molecule has 1 saturated carbocycles. The first-order valence-corrected chi connectivity index (χ1v) is 13.2. The van der Waals surface area contributed by atoms with Gasteiger partial charge in [0.2, 0.25) is 5.91 Å². The van der Waals surface area contributed by atoms with Gasteiger partial charge in [-0.25, -0.2) is 9.97 Å². The number of nitrogens with one attached hydrogen (secondary N) is 2. The second-order valence-electron chi connectivity index (χ2n) is 10.1. The van der Waals surface area contributed by atoms with Crippen LogP contribution in [0.2, 0.25) is 0 Å². The monoisotopic (exact) mass is 490 g/mol. The van der Waals surface area contributed by atoms with Crippen molar-refractivity contribution >= 4 is 49.9 Å². The average molecular weight is 491 g/mol. The van der Waals surface area contributed by atoms with Crippen molar-refractivity contribution in [3.63, 3.8) is 0 Å². The van der Waals surface area contributed by atoms with Gasteiger partial charge in [-0.15, -0.1) is 11.3 Å². The molecule has 9 heteroatoms. The molecule has 35 heavy (non-hydrogen) atoms. The zero-order valence-electron chi connectivity index (χ0n) is 20.3. The van der Waals surface area contributed by atoms with Gasteiger partial charge in [-0.05, 0) is 63.5 Å². The number of carbonyl (C=O) groups excluding carboxylic acids is 1. The molecule has 0 bridgehead atoms. The van der Waals surface area contributed by atoms with Crippen molar-refractivity contribution in [2.45, 2.75) is 52.1 Å². The molecule has 2 aliphatic carbocycles. The van der Waals surface area contributed by atoms with Crippen LogP contribution in [0.15, 0.2) is 24.7 Å². The summed E-state index contributed by atoms with van der Waals surface area (Å²) in [5.41, 5.74) is 3.05. The van der Waals surface area contributed by atoms with Gasteiger partial charge in [0.15, 0.2) is 0 Å². The topological polar surface area (TPSA) is 96.0 Å². The molecule has 4 aromatic rings. The summed E-state index contributed by atoms with van der Waals surface area (Å²) in [6.07, 6.45) is 8.47. The predicted octanol–water partition coefficient (Wildman–Crippen LogP) is 5.07. The lowest BCUT2D eigenvalue weighted by Gasteiger charge is -2.26. The minimum atomic E-state index is 0.0303. The maximum atomic E-state index is 13.1. The zero-order valence-corrected chi connectivity index (χ0v) is 21.1. The van der Waals surface area contributed by atoms with E-state index in [0.717, 1.165) is 64.2 Å². The van der Waals surface area contributed by atoms with E-state index in [1.165, 1.54) is 23.3 Å². The van der Waals surface area contributed by atoms with Gasteiger partial charge in [0.05, 0.1) is 28.9 Å². The number of amides is 1. The van der Waals surface area contributed by atoms with Gasteiger partial charge < -0.3 is 15.0 Å². The fourth-order valence-electron chi connectivity index (χ4n) is 5.05. The van der Waals surface area contributed by atoms with E-state index in [1.54, 1.807) is 23.9 Å². The first-order valence-electron chi connectivity index (χ1n) is 12.4. The number of hydrogen-bond acceptors (Lipinski definition) is 7.